The van der Waals surface area contributed by atoms with E-state index >= 15 is 0 Å². The van der Waals surface area contributed by atoms with Crippen molar-refractivity contribution >= 4 is 17.5 Å². The molecule has 7 nitrogen and oxygen atoms in total. The van der Waals surface area contributed by atoms with E-state index in [1.165, 1.54) is 0 Å². The van der Waals surface area contributed by atoms with Crippen LogP contribution in [-0.4, -0.2) is 44.2 Å². The van der Waals surface area contributed by atoms with Crippen molar-refractivity contribution in [3.05, 3.63) is 29.8 Å². The molecule has 0 saturated heterocycles. The second-order valence-electron chi connectivity index (χ2n) is 6.16. The largest absolute Gasteiger partial charge is 0.383 e. The molecule has 1 atom stereocenters. The number of carbonyl (C=O) groups is 2. The monoisotopic (exact) mass is 346 g/mol. The number of ether oxygens (including phenoxy) is 1. The van der Waals surface area contributed by atoms with E-state index in [0.29, 0.717) is 24.4 Å². The lowest BCUT2D eigenvalue weighted by atomic mass is 9.90. The fourth-order valence-corrected chi connectivity index (χ4v) is 2.01. The van der Waals surface area contributed by atoms with Crippen LogP contribution >= 0.6 is 0 Å². The Morgan fingerprint density at radius 1 is 1.32 bits per heavy atom. The third-order valence-electron chi connectivity index (χ3n) is 3.99. The quantitative estimate of drug-likeness (QED) is 0.588. The molecule has 1 rings (SSSR count). The van der Waals surface area contributed by atoms with E-state index < -0.39 is 5.54 Å². The van der Waals surface area contributed by atoms with E-state index in [4.69, 9.17) is 4.74 Å². The van der Waals surface area contributed by atoms with Crippen LogP contribution < -0.4 is 16.0 Å². The first kappa shape index (κ1) is 20.5. The molecule has 7 heteroatoms. The highest BCUT2D eigenvalue weighted by atomic mass is 16.5. The summed E-state index contributed by atoms with van der Waals surface area (Å²) >= 11 is 0. The minimum Gasteiger partial charge on any atom is -0.383 e. The van der Waals surface area contributed by atoms with Crippen molar-refractivity contribution in [3.63, 3.8) is 0 Å². The van der Waals surface area contributed by atoms with Gasteiger partial charge in [-0.2, -0.15) is 5.26 Å². The Kier molecular flexibility index (Phi) is 7.89. The molecule has 0 aromatic heterocycles. The van der Waals surface area contributed by atoms with Gasteiger partial charge in [-0.3, -0.25) is 9.59 Å². The number of carbonyl (C=O) groups excluding carboxylic acids is 2. The Morgan fingerprint density at radius 2 is 2.00 bits per heavy atom. The van der Waals surface area contributed by atoms with Gasteiger partial charge >= 0.3 is 0 Å². The topological polar surface area (TPSA) is 103 Å². The maximum absolute atomic E-state index is 12.2. The van der Waals surface area contributed by atoms with Crippen LogP contribution in [-0.2, 0) is 9.53 Å². The molecule has 2 amide bonds. The van der Waals surface area contributed by atoms with E-state index in [2.05, 4.69) is 22.0 Å². The molecular formula is C18H26N4O3. The molecule has 25 heavy (non-hydrogen) atoms. The summed E-state index contributed by atoms with van der Waals surface area (Å²) in [7, 11) is 1.56. The van der Waals surface area contributed by atoms with Crippen molar-refractivity contribution in [1.29, 1.82) is 5.26 Å². The van der Waals surface area contributed by atoms with Crippen LogP contribution in [0.15, 0.2) is 24.3 Å². The molecular weight excluding hydrogens is 320 g/mol. The van der Waals surface area contributed by atoms with Crippen molar-refractivity contribution in [3.8, 4) is 6.07 Å². The van der Waals surface area contributed by atoms with Crippen molar-refractivity contribution in [2.24, 2.45) is 5.92 Å². The van der Waals surface area contributed by atoms with E-state index in [0.717, 1.165) is 0 Å². The molecule has 0 radical (unpaired) electrons. The number of nitrogens with one attached hydrogen (secondary N) is 3. The first-order chi connectivity index (χ1) is 11.8. The van der Waals surface area contributed by atoms with Crippen molar-refractivity contribution in [2.45, 2.75) is 26.3 Å². The predicted octanol–water partition coefficient (Wildman–Crippen LogP) is 1.53. The van der Waals surface area contributed by atoms with Crippen LogP contribution in [0.2, 0.25) is 0 Å². The van der Waals surface area contributed by atoms with Crippen molar-refractivity contribution < 1.29 is 14.3 Å². The van der Waals surface area contributed by atoms with Gasteiger partial charge in [0, 0.05) is 19.3 Å². The summed E-state index contributed by atoms with van der Waals surface area (Å²) in [6.07, 6.45) is 0. The van der Waals surface area contributed by atoms with Crippen LogP contribution in [0.1, 0.15) is 31.1 Å². The molecule has 0 bridgehead atoms. The van der Waals surface area contributed by atoms with Crippen LogP contribution in [0, 0.1) is 17.2 Å². The van der Waals surface area contributed by atoms with Crippen LogP contribution in [0.4, 0.5) is 5.69 Å². The highest BCUT2D eigenvalue weighted by molar-refractivity contribution is 6.00. The summed E-state index contributed by atoms with van der Waals surface area (Å²) in [6.45, 7) is 6.22. The molecule has 0 aliphatic rings. The first-order valence-electron chi connectivity index (χ1n) is 8.16. The van der Waals surface area contributed by atoms with Crippen LogP contribution in [0.25, 0.3) is 0 Å². The van der Waals surface area contributed by atoms with E-state index in [1.54, 1.807) is 38.3 Å². The van der Waals surface area contributed by atoms with Gasteiger partial charge in [0.1, 0.15) is 5.54 Å². The molecule has 1 aromatic rings. The molecule has 0 spiro atoms. The van der Waals surface area contributed by atoms with Gasteiger partial charge in [-0.15, -0.1) is 0 Å². The summed E-state index contributed by atoms with van der Waals surface area (Å²) in [4.78, 5) is 24.3. The molecule has 0 heterocycles. The molecule has 0 aliphatic heterocycles. The number of nitrogens with zero attached hydrogens (tertiary/aromatic N) is 1. The second-order valence-corrected chi connectivity index (χ2v) is 6.16. The normalized spacial score (nSPS) is 12.8. The van der Waals surface area contributed by atoms with Gasteiger partial charge in [0.05, 0.1) is 24.8 Å². The van der Waals surface area contributed by atoms with Gasteiger partial charge in [0.15, 0.2) is 0 Å². The number of para-hydroxylation sites is 1. The van der Waals surface area contributed by atoms with Gasteiger partial charge in [-0.25, -0.2) is 0 Å². The molecule has 1 aromatic carbocycles. The first-order valence-corrected chi connectivity index (χ1v) is 8.16. The zero-order valence-electron chi connectivity index (χ0n) is 15.2. The fraction of sp³-hybridized carbons (Fsp3) is 0.500. The van der Waals surface area contributed by atoms with Gasteiger partial charge in [-0.05, 0) is 25.0 Å². The zero-order valence-corrected chi connectivity index (χ0v) is 15.2. The lowest BCUT2D eigenvalue weighted by molar-refractivity contribution is -0.121. The average molecular weight is 346 g/mol. The smallest absolute Gasteiger partial charge is 0.253 e. The summed E-state index contributed by atoms with van der Waals surface area (Å²) in [5.41, 5.74) is 0.0598. The molecule has 0 saturated carbocycles. The number of anilines is 1. The Hall–Kier alpha value is -2.59. The molecule has 3 N–H and O–H groups in total. The van der Waals surface area contributed by atoms with Crippen molar-refractivity contribution in [1.82, 2.24) is 10.6 Å². The molecule has 0 fully saturated rings. The summed E-state index contributed by atoms with van der Waals surface area (Å²) < 4.78 is 4.90. The standard InChI is InChI=1S/C18H26N4O3/c1-13(2)18(3,12-19)22-16(23)11-21-15-8-6-5-7-14(15)17(24)20-9-10-25-4/h5-8,13,21H,9-11H2,1-4H3,(H,20,24)(H,22,23). The third-order valence-corrected chi connectivity index (χ3v) is 3.99. The Bertz CT molecular complexity index is 639. The molecule has 0 aliphatic carbocycles. The minimum absolute atomic E-state index is 0.0275. The summed E-state index contributed by atoms with van der Waals surface area (Å²) in [6, 6.07) is 9.06. The fourth-order valence-electron chi connectivity index (χ4n) is 2.01. The van der Waals surface area contributed by atoms with Gasteiger partial charge < -0.3 is 20.7 Å². The predicted molar refractivity (Wildman–Crippen MR) is 96.1 cm³/mol. The van der Waals surface area contributed by atoms with Crippen molar-refractivity contribution in [2.75, 3.05) is 32.1 Å². The Labute approximate surface area is 148 Å². The summed E-state index contributed by atoms with van der Waals surface area (Å²) in [5.74, 6) is -0.586. The van der Waals surface area contributed by atoms with Gasteiger partial charge in [0.2, 0.25) is 5.91 Å². The second kappa shape index (κ2) is 9.64. The van der Waals surface area contributed by atoms with Crippen LogP contribution in [0.3, 0.4) is 0 Å². The number of methoxy groups -OCH3 is 1. The average Bonchev–Trinajstić information content (AvgIpc) is 2.60. The Morgan fingerprint density at radius 3 is 2.60 bits per heavy atom. The lowest BCUT2D eigenvalue weighted by Crippen LogP contribution is -2.50. The van der Waals surface area contributed by atoms with Gasteiger partial charge in [-0.1, -0.05) is 26.0 Å². The highest BCUT2D eigenvalue weighted by Crippen LogP contribution is 2.16. The maximum Gasteiger partial charge on any atom is 0.253 e. The number of benzene rings is 1. The number of nitriles is 1. The van der Waals surface area contributed by atoms with Gasteiger partial charge in [0.25, 0.3) is 5.91 Å². The van der Waals surface area contributed by atoms with Crippen LogP contribution in [0.5, 0.6) is 0 Å². The maximum atomic E-state index is 12.2. The van der Waals surface area contributed by atoms with E-state index in [9.17, 15) is 14.9 Å². The van der Waals surface area contributed by atoms with E-state index in [-0.39, 0.29) is 24.3 Å². The molecule has 136 valence electrons. The van der Waals surface area contributed by atoms with E-state index in [1.807, 2.05) is 13.8 Å². The number of rotatable bonds is 9. The lowest BCUT2D eigenvalue weighted by Gasteiger charge is -2.27. The minimum atomic E-state index is -0.935. The number of amides is 2. The third kappa shape index (κ3) is 6.08. The Balaban J connectivity index is 2.70. The SMILES string of the molecule is COCCNC(=O)c1ccccc1NCC(=O)NC(C)(C#N)C(C)C. The number of hydrogen-bond acceptors (Lipinski definition) is 5. The summed E-state index contributed by atoms with van der Waals surface area (Å²) in [5, 5.41) is 17.7. The number of hydrogen-bond donors (Lipinski definition) is 3. The highest BCUT2D eigenvalue weighted by Gasteiger charge is 2.29. The molecule has 1 unspecified atom stereocenters. The zero-order chi connectivity index (χ0) is 18.9.